The Balaban J connectivity index is 0.000000676. The molecule has 0 spiro atoms. The number of piperidine rings is 1. The third-order valence-electron chi connectivity index (χ3n) is 7.66. The van der Waals surface area contributed by atoms with Gasteiger partial charge in [-0.1, -0.05) is 62.2 Å². The predicted molar refractivity (Wildman–Crippen MR) is 155 cm³/mol. The minimum absolute atomic E-state index is 0.0502. The average molecular weight is 664 g/mol. The molecule has 14 heteroatoms. The zero-order valence-electron chi connectivity index (χ0n) is 24.2. The molecule has 0 radical (unpaired) electrons. The maximum atomic E-state index is 15.6. The van der Waals surface area contributed by atoms with Gasteiger partial charge in [-0.25, -0.2) is 13.6 Å². The number of halogens is 7. The highest BCUT2D eigenvalue weighted by Crippen LogP contribution is 2.52. The van der Waals surface area contributed by atoms with Gasteiger partial charge >= 0.3 is 12.1 Å². The Kier molecular flexibility index (Phi) is 11.3. The molecule has 2 aromatic rings. The maximum absolute atomic E-state index is 15.6. The van der Waals surface area contributed by atoms with Crippen molar-refractivity contribution in [2.45, 2.75) is 75.7 Å². The molecule has 2 saturated heterocycles. The Bertz CT molecular complexity index is 1410. The van der Waals surface area contributed by atoms with Crippen molar-refractivity contribution >= 4 is 35.1 Å². The molecule has 4 N–H and O–H groups in total. The number of hydrogen-bond acceptors (Lipinski definition) is 5. The van der Waals surface area contributed by atoms with E-state index in [0.29, 0.717) is 6.42 Å². The van der Waals surface area contributed by atoms with E-state index in [9.17, 15) is 23.2 Å². The van der Waals surface area contributed by atoms with Crippen LogP contribution in [0.5, 0.6) is 0 Å². The van der Waals surface area contributed by atoms with Gasteiger partial charge in [0.2, 0.25) is 5.91 Å². The van der Waals surface area contributed by atoms with Gasteiger partial charge in [0.25, 0.3) is 0 Å². The van der Waals surface area contributed by atoms with Gasteiger partial charge in [-0.3, -0.25) is 4.79 Å². The van der Waals surface area contributed by atoms with Crippen LogP contribution in [0.25, 0.3) is 0 Å². The number of hydrogen-bond donors (Lipinski definition) is 4. The summed E-state index contributed by atoms with van der Waals surface area (Å²) in [7, 11) is 0. The first-order valence-electron chi connectivity index (χ1n) is 13.8. The smallest absolute Gasteiger partial charge is 0.475 e. The Hall–Kier alpha value is -2.98. The van der Waals surface area contributed by atoms with Gasteiger partial charge in [0.1, 0.15) is 17.0 Å². The molecule has 0 saturated carbocycles. The van der Waals surface area contributed by atoms with Gasteiger partial charge in [-0.2, -0.15) is 18.4 Å². The Morgan fingerprint density at radius 2 is 1.73 bits per heavy atom. The van der Waals surface area contributed by atoms with E-state index in [-0.39, 0.29) is 38.5 Å². The van der Waals surface area contributed by atoms with Crippen LogP contribution in [0, 0.1) is 28.4 Å². The van der Waals surface area contributed by atoms with Crippen molar-refractivity contribution in [2.75, 3.05) is 13.1 Å². The number of amides is 1. The lowest BCUT2D eigenvalue weighted by atomic mass is 9.62. The molecular weight excluding hydrogens is 630 g/mol. The molecule has 1 amide bonds. The monoisotopic (exact) mass is 662 g/mol. The number of rotatable bonds is 5. The SMILES string of the molecule is CC(C)(C)CC1NC(C(=O)NC2CCNCC2)C(c2cccc(Cl)c2F)C1(C#N)c1ccc(Cl)cc1F.O=C(O)C(F)(F)F. The van der Waals surface area contributed by atoms with Crippen LogP contribution in [0.4, 0.5) is 22.0 Å². The van der Waals surface area contributed by atoms with Crippen LogP contribution in [0.2, 0.25) is 10.0 Å². The topological polar surface area (TPSA) is 114 Å². The number of aliphatic carboxylic acids is 1. The predicted octanol–water partition coefficient (Wildman–Crippen LogP) is 6.09. The normalized spacial score (nSPS) is 24.2. The van der Waals surface area contributed by atoms with Crippen LogP contribution in [-0.2, 0) is 15.0 Å². The summed E-state index contributed by atoms with van der Waals surface area (Å²) >= 11 is 12.2. The Morgan fingerprint density at radius 3 is 2.25 bits per heavy atom. The fourth-order valence-electron chi connectivity index (χ4n) is 5.81. The molecule has 4 unspecified atom stereocenters. The van der Waals surface area contributed by atoms with Gasteiger partial charge < -0.3 is 21.1 Å². The zero-order valence-corrected chi connectivity index (χ0v) is 25.7. The summed E-state index contributed by atoms with van der Waals surface area (Å²) < 4.78 is 63.0. The van der Waals surface area contributed by atoms with Crippen LogP contribution in [0.3, 0.4) is 0 Å². The number of carbonyl (C=O) groups excluding carboxylic acids is 1. The first-order chi connectivity index (χ1) is 20.4. The lowest BCUT2D eigenvalue weighted by Gasteiger charge is -2.37. The summed E-state index contributed by atoms with van der Waals surface area (Å²) in [6.45, 7) is 7.58. The number of carbonyl (C=O) groups is 2. The Labute approximate surface area is 262 Å². The summed E-state index contributed by atoms with van der Waals surface area (Å²) in [5.41, 5.74) is -1.75. The first-order valence-corrected chi connectivity index (χ1v) is 14.6. The van der Waals surface area contributed by atoms with Crippen LogP contribution >= 0.6 is 23.2 Å². The summed E-state index contributed by atoms with van der Waals surface area (Å²) in [4.78, 5) is 22.7. The summed E-state index contributed by atoms with van der Waals surface area (Å²) in [5, 5.41) is 27.8. The van der Waals surface area contributed by atoms with Crippen molar-refractivity contribution in [1.29, 1.82) is 5.26 Å². The molecule has 44 heavy (non-hydrogen) atoms. The van der Waals surface area contributed by atoms with Gasteiger partial charge in [0.05, 0.1) is 17.1 Å². The quantitative estimate of drug-likeness (QED) is 0.288. The molecule has 2 fully saturated rings. The molecule has 0 aliphatic carbocycles. The third-order valence-corrected chi connectivity index (χ3v) is 8.19. The molecule has 240 valence electrons. The number of nitrogens with one attached hydrogen (secondary N) is 3. The number of carboxylic acid groups (broad SMARTS) is 1. The van der Waals surface area contributed by atoms with Crippen LogP contribution < -0.4 is 16.0 Å². The van der Waals surface area contributed by atoms with E-state index < -0.39 is 47.2 Å². The van der Waals surface area contributed by atoms with E-state index >= 15 is 8.78 Å². The second-order valence-electron chi connectivity index (χ2n) is 12.0. The largest absolute Gasteiger partial charge is 0.490 e. The Morgan fingerprint density at radius 1 is 1.11 bits per heavy atom. The van der Waals surface area contributed by atoms with Crippen LogP contribution in [0.15, 0.2) is 36.4 Å². The summed E-state index contributed by atoms with van der Waals surface area (Å²) in [6, 6.07) is 9.31. The summed E-state index contributed by atoms with van der Waals surface area (Å²) in [5.74, 6) is -5.56. The second-order valence-corrected chi connectivity index (χ2v) is 12.9. The average Bonchev–Trinajstić information content (AvgIpc) is 3.23. The van der Waals surface area contributed by atoms with Crippen LogP contribution in [-0.4, -0.2) is 54.4 Å². The minimum Gasteiger partial charge on any atom is -0.475 e. The molecule has 4 rings (SSSR count). The van der Waals surface area contributed by atoms with Gasteiger partial charge in [0, 0.05) is 28.6 Å². The lowest BCUT2D eigenvalue weighted by Crippen LogP contribution is -2.51. The van der Waals surface area contributed by atoms with Gasteiger partial charge in [-0.15, -0.1) is 0 Å². The molecular formula is C30H33Cl2F5N4O3. The second kappa shape index (κ2) is 14.0. The number of carboxylic acids is 1. The van der Waals surface area contributed by atoms with E-state index in [1.807, 2.05) is 20.8 Å². The molecule has 0 aromatic heterocycles. The van der Waals surface area contributed by atoms with Crippen LogP contribution in [0.1, 0.15) is 57.1 Å². The van der Waals surface area contributed by atoms with Crippen molar-refractivity contribution in [3.8, 4) is 6.07 Å². The van der Waals surface area contributed by atoms with Crippen molar-refractivity contribution in [3.63, 3.8) is 0 Å². The third kappa shape index (κ3) is 7.99. The van der Waals surface area contributed by atoms with Gasteiger partial charge in [0.15, 0.2) is 0 Å². The fourth-order valence-corrected chi connectivity index (χ4v) is 6.15. The molecule has 7 nitrogen and oxygen atoms in total. The van der Waals surface area contributed by atoms with E-state index in [1.165, 1.54) is 24.3 Å². The highest BCUT2D eigenvalue weighted by molar-refractivity contribution is 6.31. The van der Waals surface area contributed by atoms with Gasteiger partial charge in [-0.05, 0) is 61.5 Å². The van der Waals surface area contributed by atoms with Crippen molar-refractivity contribution in [1.82, 2.24) is 16.0 Å². The number of nitriles is 1. The van der Waals surface area contributed by atoms with E-state index in [1.54, 1.807) is 6.07 Å². The zero-order chi connectivity index (χ0) is 33.0. The van der Waals surface area contributed by atoms with E-state index in [2.05, 4.69) is 22.0 Å². The molecule has 0 bridgehead atoms. The maximum Gasteiger partial charge on any atom is 0.490 e. The highest BCUT2D eigenvalue weighted by atomic mass is 35.5. The fraction of sp³-hybridized carbons (Fsp3) is 0.500. The molecule has 4 atom stereocenters. The lowest BCUT2D eigenvalue weighted by molar-refractivity contribution is -0.192. The van der Waals surface area contributed by atoms with E-state index in [4.69, 9.17) is 33.1 Å². The number of nitrogens with zero attached hydrogens (tertiary/aromatic N) is 1. The van der Waals surface area contributed by atoms with Crippen molar-refractivity contribution in [3.05, 3.63) is 69.2 Å². The molecule has 2 aromatic carbocycles. The molecule has 2 aliphatic rings. The number of benzene rings is 2. The van der Waals surface area contributed by atoms with E-state index in [0.717, 1.165) is 32.0 Å². The number of alkyl halides is 3. The standard InChI is InChI=1S/C28H32Cl2F2N4O.C2HF3O2/c1-27(2,3)14-22-28(15-33,19-8-7-16(29)13-21(19)31)23(18-5-4-6-20(30)24(18)32)25(36-22)26(37)35-17-9-11-34-12-10-17;3-2(4,5)1(6)7/h4-8,13,17,22-23,25,34,36H,9-12,14H2,1-3H3,(H,35,37);(H,6,7). The minimum atomic E-state index is -5.08. The first kappa shape index (κ1) is 35.5. The molecule has 2 heterocycles. The molecule has 2 aliphatic heterocycles. The van der Waals surface area contributed by atoms with Crippen molar-refractivity contribution < 1.29 is 36.6 Å². The van der Waals surface area contributed by atoms with Crippen molar-refractivity contribution in [2.24, 2.45) is 5.41 Å². The summed E-state index contributed by atoms with van der Waals surface area (Å²) in [6.07, 6.45) is -3.14. The highest BCUT2D eigenvalue weighted by Gasteiger charge is 2.61.